The zero-order valence-corrected chi connectivity index (χ0v) is 10.5. The Labute approximate surface area is 102 Å². The van der Waals surface area contributed by atoms with Crippen LogP contribution in [0.5, 0.6) is 5.75 Å². The van der Waals surface area contributed by atoms with Gasteiger partial charge in [-0.2, -0.15) is 5.10 Å². The van der Waals surface area contributed by atoms with E-state index in [2.05, 4.69) is 27.7 Å². The molecule has 0 radical (unpaired) electrons. The summed E-state index contributed by atoms with van der Waals surface area (Å²) >= 11 is 2.25. The van der Waals surface area contributed by atoms with E-state index in [1.54, 1.807) is 7.11 Å². The number of rotatable bonds is 3. The highest BCUT2D eigenvalue weighted by molar-refractivity contribution is 14.1. The number of aromatic nitrogens is 2. The number of hydrogen-bond donors (Lipinski definition) is 0. The number of ether oxygens (including phenoxy) is 1. The first-order valence-corrected chi connectivity index (χ1v) is 5.67. The topological polar surface area (TPSA) is 27.1 Å². The van der Waals surface area contributed by atoms with Crippen LogP contribution < -0.4 is 4.74 Å². The molecule has 3 nitrogen and oxygen atoms in total. The Balaban J connectivity index is 2.23. The number of methoxy groups -OCH3 is 1. The van der Waals surface area contributed by atoms with E-state index in [0.29, 0.717) is 0 Å². The molecule has 0 saturated carbocycles. The maximum Gasteiger partial charge on any atom is 0.123 e. The molecule has 0 unspecified atom stereocenters. The van der Waals surface area contributed by atoms with Crippen LogP contribution in [0.15, 0.2) is 36.7 Å². The van der Waals surface area contributed by atoms with Gasteiger partial charge >= 0.3 is 0 Å². The van der Waals surface area contributed by atoms with Gasteiger partial charge in [0, 0.05) is 11.8 Å². The zero-order chi connectivity index (χ0) is 10.7. The van der Waals surface area contributed by atoms with E-state index < -0.39 is 0 Å². The van der Waals surface area contributed by atoms with Crippen LogP contribution in [0.1, 0.15) is 5.56 Å². The first-order chi connectivity index (χ1) is 7.29. The standard InChI is InChI=1S/C11H11IN2O/c1-15-11-5-3-2-4-9(11)7-14-8-10(12)6-13-14/h2-6,8H,7H2,1H3. The molecule has 78 valence electrons. The lowest BCUT2D eigenvalue weighted by Crippen LogP contribution is -2.01. The number of hydrogen-bond acceptors (Lipinski definition) is 2. The fourth-order valence-electron chi connectivity index (χ4n) is 1.43. The van der Waals surface area contributed by atoms with Gasteiger partial charge in [-0.1, -0.05) is 18.2 Å². The Morgan fingerprint density at radius 1 is 1.40 bits per heavy atom. The summed E-state index contributed by atoms with van der Waals surface area (Å²) in [6, 6.07) is 7.98. The van der Waals surface area contributed by atoms with E-state index in [-0.39, 0.29) is 0 Å². The van der Waals surface area contributed by atoms with Crippen LogP contribution in [0.2, 0.25) is 0 Å². The molecule has 1 aromatic heterocycles. The summed E-state index contributed by atoms with van der Waals surface area (Å²) in [4.78, 5) is 0. The Morgan fingerprint density at radius 3 is 2.87 bits per heavy atom. The van der Waals surface area contributed by atoms with Crippen LogP contribution in [0.4, 0.5) is 0 Å². The summed E-state index contributed by atoms with van der Waals surface area (Å²) in [6.45, 7) is 0.743. The molecule has 1 aromatic carbocycles. The van der Waals surface area contributed by atoms with E-state index in [1.807, 2.05) is 41.3 Å². The van der Waals surface area contributed by atoms with Crippen molar-refractivity contribution >= 4 is 22.6 Å². The molecule has 0 atom stereocenters. The molecule has 0 amide bonds. The minimum absolute atomic E-state index is 0.743. The van der Waals surface area contributed by atoms with E-state index in [1.165, 1.54) is 0 Å². The number of halogens is 1. The number of para-hydroxylation sites is 1. The van der Waals surface area contributed by atoms with E-state index in [0.717, 1.165) is 21.4 Å². The van der Waals surface area contributed by atoms with Gasteiger partial charge in [-0.25, -0.2) is 0 Å². The summed E-state index contributed by atoms with van der Waals surface area (Å²) in [6.07, 6.45) is 3.85. The second-order valence-electron chi connectivity index (χ2n) is 3.17. The third kappa shape index (κ3) is 2.50. The Kier molecular flexibility index (Phi) is 3.25. The van der Waals surface area contributed by atoms with E-state index in [9.17, 15) is 0 Å². The lowest BCUT2D eigenvalue weighted by molar-refractivity contribution is 0.407. The van der Waals surface area contributed by atoms with Gasteiger partial charge in [0.05, 0.1) is 23.4 Å². The molecule has 0 N–H and O–H groups in total. The van der Waals surface area contributed by atoms with Gasteiger partial charge in [-0.05, 0) is 28.7 Å². The summed E-state index contributed by atoms with van der Waals surface area (Å²) in [5, 5.41) is 4.24. The van der Waals surface area contributed by atoms with Gasteiger partial charge in [0.1, 0.15) is 5.75 Å². The van der Waals surface area contributed by atoms with Crippen molar-refractivity contribution in [3.8, 4) is 5.75 Å². The maximum atomic E-state index is 5.28. The molecule has 2 rings (SSSR count). The Bertz CT molecular complexity index is 453. The van der Waals surface area contributed by atoms with Gasteiger partial charge < -0.3 is 4.74 Å². The highest BCUT2D eigenvalue weighted by atomic mass is 127. The van der Waals surface area contributed by atoms with Crippen molar-refractivity contribution in [3.05, 3.63) is 45.8 Å². The molecular weight excluding hydrogens is 303 g/mol. The van der Waals surface area contributed by atoms with Crippen molar-refractivity contribution in [2.75, 3.05) is 7.11 Å². The second kappa shape index (κ2) is 4.65. The van der Waals surface area contributed by atoms with Gasteiger partial charge in [-0.3, -0.25) is 4.68 Å². The first kappa shape index (κ1) is 10.5. The van der Waals surface area contributed by atoms with Crippen LogP contribution in [0.3, 0.4) is 0 Å². The Hall–Kier alpha value is -1.04. The summed E-state index contributed by atoms with van der Waals surface area (Å²) in [5.74, 6) is 0.906. The Morgan fingerprint density at radius 2 is 2.20 bits per heavy atom. The van der Waals surface area contributed by atoms with Gasteiger partial charge in [0.25, 0.3) is 0 Å². The average Bonchev–Trinajstić information content (AvgIpc) is 2.65. The van der Waals surface area contributed by atoms with Crippen molar-refractivity contribution in [3.63, 3.8) is 0 Å². The highest BCUT2D eigenvalue weighted by Gasteiger charge is 2.03. The van der Waals surface area contributed by atoms with E-state index in [4.69, 9.17) is 4.74 Å². The van der Waals surface area contributed by atoms with Crippen molar-refractivity contribution in [1.29, 1.82) is 0 Å². The van der Waals surface area contributed by atoms with Crippen LogP contribution in [-0.4, -0.2) is 16.9 Å². The van der Waals surface area contributed by atoms with Crippen LogP contribution in [0, 0.1) is 3.57 Å². The molecule has 1 heterocycles. The van der Waals surface area contributed by atoms with Crippen LogP contribution in [0.25, 0.3) is 0 Å². The predicted octanol–water partition coefficient (Wildman–Crippen LogP) is 2.54. The lowest BCUT2D eigenvalue weighted by Gasteiger charge is -2.07. The molecule has 4 heteroatoms. The molecule has 0 spiro atoms. The van der Waals surface area contributed by atoms with E-state index >= 15 is 0 Å². The normalized spacial score (nSPS) is 10.3. The molecule has 2 aromatic rings. The maximum absolute atomic E-state index is 5.28. The van der Waals surface area contributed by atoms with Crippen molar-refractivity contribution in [2.24, 2.45) is 0 Å². The largest absolute Gasteiger partial charge is 0.496 e. The van der Waals surface area contributed by atoms with Crippen molar-refractivity contribution in [1.82, 2.24) is 9.78 Å². The molecule has 0 aliphatic rings. The summed E-state index contributed by atoms with van der Waals surface area (Å²) < 4.78 is 8.32. The molecule has 0 aliphatic heterocycles. The lowest BCUT2D eigenvalue weighted by atomic mass is 10.2. The molecule has 0 aliphatic carbocycles. The quantitative estimate of drug-likeness (QED) is 0.814. The summed E-state index contributed by atoms with van der Waals surface area (Å²) in [7, 11) is 1.69. The van der Waals surface area contributed by atoms with Gasteiger partial charge in [0.15, 0.2) is 0 Å². The molecule has 0 bridgehead atoms. The molecule has 0 saturated heterocycles. The highest BCUT2D eigenvalue weighted by Crippen LogP contribution is 2.18. The predicted molar refractivity (Wildman–Crippen MR) is 67.0 cm³/mol. The minimum Gasteiger partial charge on any atom is -0.496 e. The summed E-state index contributed by atoms with van der Waals surface area (Å²) in [5.41, 5.74) is 1.14. The molecular formula is C11H11IN2O. The second-order valence-corrected chi connectivity index (χ2v) is 4.41. The van der Waals surface area contributed by atoms with Crippen molar-refractivity contribution in [2.45, 2.75) is 6.54 Å². The van der Waals surface area contributed by atoms with Gasteiger partial charge in [-0.15, -0.1) is 0 Å². The zero-order valence-electron chi connectivity index (χ0n) is 8.35. The van der Waals surface area contributed by atoms with Gasteiger partial charge in [0.2, 0.25) is 0 Å². The smallest absolute Gasteiger partial charge is 0.123 e. The third-order valence-electron chi connectivity index (χ3n) is 2.13. The molecule has 15 heavy (non-hydrogen) atoms. The SMILES string of the molecule is COc1ccccc1Cn1cc(I)cn1. The van der Waals surface area contributed by atoms with Crippen molar-refractivity contribution < 1.29 is 4.74 Å². The average molecular weight is 314 g/mol. The fourth-order valence-corrected chi connectivity index (χ4v) is 1.88. The number of nitrogens with zero attached hydrogens (tertiary/aromatic N) is 2. The molecule has 0 fully saturated rings. The monoisotopic (exact) mass is 314 g/mol. The number of benzene rings is 1. The van der Waals surface area contributed by atoms with Crippen LogP contribution >= 0.6 is 22.6 Å². The minimum atomic E-state index is 0.743. The third-order valence-corrected chi connectivity index (χ3v) is 2.68. The first-order valence-electron chi connectivity index (χ1n) is 4.59. The fraction of sp³-hybridized carbons (Fsp3) is 0.182. The van der Waals surface area contributed by atoms with Crippen LogP contribution in [-0.2, 0) is 6.54 Å².